The van der Waals surface area contributed by atoms with Gasteiger partial charge in [-0.2, -0.15) is 0 Å². The normalized spacial score (nSPS) is 11.9. The average Bonchev–Trinajstić information content (AvgIpc) is 2.38. The van der Waals surface area contributed by atoms with Crippen LogP contribution in [-0.4, -0.2) is 23.1 Å². The lowest BCUT2D eigenvalue weighted by Crippen LogP contribution is -2.17. The van der Waals surface area contributed by atoms with Gasteiger partial charge in [0.05, 0.1) is 11.1 Å². The largest absolute Gasteiger partial charge is 0.478 e. The third-order valence-corrected chi connectivity index (χ3v) is 2.68. The Hall–Kier alpha value is -1.84. The minimum absolute atomic E-state index is 0.0907. The van der Waals surface area contributed by atoms with Gasteiger partial charge >= 0.3 is 11.9 Å². The van der Waals surface area contributed by atoms with Gasteiger partial charge in [0.15, 0.2) is 0 Å². The average molecular weight is 250 g/mol. The van der Waals surface area contributed by atoms with Crippen LogP contribution in [0.1, 0.15) is 53.8 Å². The quantitative estimate of drug-likeness (QED) is 0.788. The second-order valence-electron chi connectivity index (χ2n) is 4.11. The summed E-state index contributed by atoms with van der Waals surface area (Å²) in [4.78, 5) is 22.7. The van der Waals surface area contributed by atoms with Crippen molar-refractivity contribution in [3.63, 3.8) is 0 Å². The smallest absolute Gasteiger partial charge is 0.338 e. The van der Waals surface area contributed by atoms with Crippen LogP contribution in [0, 0.1) is 0 Å². The molecule has 1 rings (SSSR count). The number of hydrogen-bond donors (Lipinski definition) is 1. The fourth-order valence-corrected chi connectivity index (χ4v) is 1.67. The van der Waals surface area contributed by atoms with Crippen LogP contribution >= 0.6 is 0 Å². The molecule has 4 nitrogen and oxygen atoms in total. The van der Waals surface area contributed by atoms with Gasteiger partial charge in [0, 0.05) is 0 Å². The number of carboxylic acids is 1. The molecule has 98 valence electrons. The first-order valence-corrected chi connectivity index (χ1v) is 6.12. The summed E-state index contributed by atoms with van der Waals surface area (Å²) in [6.45, 7) is 3.99. The zero-order chi connectivity index (χ0) is 13.5. The standard InChI is InChI=1S/C14H18O4/c1-3-6-12(4-2)18-14(17)11-8-5-7-10(9-11)13(15)16/h5,7-9,12H,3-4,6H2,1-2H3,(H,15,16). The van der Waals surface area contributed by atoms with Crippen molar-refractivity contribution in [3.05, 3.63) is 35.4 Å². The van der Waals surface area contributed by atoms with Crippen molar-refractivity contribution in [3.8, 4) is 0 Å². The van der Waals surface area contributed by atoms with Crippen LogP contribution in [0.3, 0.4) is 0 Å². The van der Waals surface area contributed by atoms with E-state index < -0.39 is 11.9 Å². The Bertz CT molecular complexity index is 426. The van der Waals surface area contributed by atoms with Crippen molar-refractivity contribution in [2.45, 2.75) is 39.2 Å². The Morgan fingerprint density at radius 2 is 1.94 bits per heavy atom. The van der Waals surface area contributed by atoms with Crippen LogP contribution in [0.5, 0.6) is 0 Å². The number of carboxylic acid groups (broad SMARTS) is 1. The summed E-state index contributed by atoms with van der Waals surface area (Å²) in [5.74, 6) is -1.51. The summed E-state index contributed by atoms with van der Waals surface area (Å²) in [5, 5.41) is 8.85. The van der Waals surface area contributed by atoms with Gasteiger partial charge in [-0.05, 0) is 31.0 Å². The molecule has 1 aromatic carbocycles. The predicted molar refractivity (Wildman–Crippen MR) is 67.8 cm³/mol. The molecule has 1 N–H and O–H groups in total. The van der Waals surface area contributed by atoms with Crippen LogP contribution in [-0.2, 0) is 4.74 Å². The molecule has 0 aliphatic carbocycles. The first-order valence-electron chi connectivity index (χ1n) is 6.12. The molecule has 4 heteroatoms. The molecule has 0 fully saturated rings. The zero-order valence-corrected chi connectivity index (χ0v) is 10.7. The van der Waals surface area contributed by atoms with Gasteiger partial charge in [-0.1, -0.05) is 26.3 Å². The minimum atomic E-state index is -1.05. The van der Waals surface area contributed by atoms with E-state index >= 15 is 0 Å². The van der Waals surface area contributed by atoms with E-state index in [1.54, 1.807) is 12.1 Å². The molecular weight excluding hydrogens is 232 g/mol. The second-order valence-corrected chi connectivity index (χ2v) is 4.11. The summed E-state index contributed by atoms with van der Waals surface area (Å²) in [6, 6.07) is 5.89. The van der Waals surface area contributed by atoms with Gasteiger partial charge in [0.2, 0.25) is 0 Å². The highest BCUT2D eigenvalue weighted by atomic mass is 16.5. The highest BCUT2D eigenvalue weighted by Crippen LogP contribution is 2.12. The molecule has 0 heterocycles. The van der Waals surface area contributed by atoms with Crippen LogP contribution in [0.2, 0.25) is 0 Å². The number of carbonyl (C=O) groups is 2. The fourth-order valence-electron chi connectivity index (χ4n) is 1.67. The number of aromatic carboxylic acids is 1. The van der Waals surface area contributed by atoms with E-state index in [1.165, 1.54) is 12.1 Å². The highest BCUT2D eigenvalue weighted by molar-refractivity contribution is 5.94. The van der Waals surface area contributed by atoms with Gasteiger partial charge in [-0.3, -0.25) is 0 Å². The molecule has 0 aromatic heterocycles. The third kappa shape index (κ3) is 3.87. The molecule has 0 saturated carbocycles. The molecular formula is C14H18O4. The van der Waals surface area contributed by atoms with E-state index in [1.807, 2.05) is 13.8 Å². The van der Waals surface area contributed by atoms with E-state index in [0.717, 1.165) is 19.3 Å². The summed E-state index contributed by atoms with van der Waals surface area (Å²) >= 11 is 0. The molecule has 0 aliphatic rings. The zero-order valence-electron chi connectivity index (χ0n) is 10.7. The van der Waals surface area contributed by atoms with E-state index in [4.69, 9.17) is 9.84 Å². The fraction of sp³-hybridized carbons (Fsp3) is 0.429. The molecule has 0 spiro atoms. The van der Waals surface area contributed by atoms with E-state index in [-0.39, 0.29) is 17.2 Å². The van der Waals surface area contributed by atoms with Crippen LogP contribution in [0.15, 0.2) is 24.3 Å². The van der Waals surface area contributed by atoms with Crippen molar-refractivity contribution in [1.29, 1.82) is 0 Å². The van der Waals surface area contributed by atoms with Crippen molar-refractivity contribution >= 4 is 11.9 Å². The molecule has 0 aliphatic heterocycles. The van der Waals surface area contributed by atoms with Gasteiger partial charge in [-0.15, -0.1) is 0 Å². The van der Waals surface area contributed by atoms with E-state index in [9.17, 15) is 9.59 Å². The Morgan fingerprint density at radius 1 is 1.28 bits per heavy atom. The Labute approximate surface area is 107 Å². The molecule has 0 bridgehead atoms. The Balaban J connectivity index is 2.77. The summed E-state index contributed by atoms with van der Waals surface area (Å²) in [7, 11) is 0. The molecule has 18 heavy (non-hydrogen) atoms. The van der Waals surface area contributed by atoms with Gasteiger partial charge in [0.25, 0.3) is 0 Å². The maximum Gasteiger partial charge on any atom is 0.338 e. The van der Waals surface area contributed by atoms with E-state index in [0.29, 0.717) is 0 Å². The predicted octanol–water partition coefficient (Wildman–Crippen LogP) is 3.12. The van der Waals surface area contributed by atoms with E-state index in [2.05, 4.69) is 0 Å². The first kappa shape index (κ1) is 14.2. The maximum atomic E-state index is 11.8. The lowest BCUT2D eigenvalue weighted by atomic mass is 10.1. The van der Waals surface area contributed by atoms with Gasteiger partial charge in [-0.25, -0.2) is 9.59 Å². The number of benzene rings is 1. The minimum Gasteiger partial charge on any atom is -0.478 e. The lowest BCUT2D eigenvalue weighted by molar-refractivity contribution is 0.0271. The SMILES string of the molecule is CCCC(CC)OC(=O)c1cccc(C(=O)O)c1. The number of esters is 1. The molecule has 1 atom stereocenters. The Morgan fingerprint density at radius 3 is 2.50 bits per heavy atom. The van der Waals surface area contributed by atoms with Crippen LogP contribution in [0.25, 0.3) is 0 Å². The summed E-state index contributed by atoms with van der Waals surface area (Å²) < 4.78 is 5.33. The summed E-state index contributed by atoms with van der Waals surface area (Å²) in [6.07, 6.45) is 2.43. The van der Waals surface area contributed by atoms with Crippen molar-refractivity contribution in [2.24, 2.45) is 0 Å². The monoisotopic (exact) mass is 250 g/mol. The van der Waals surface area contributed by atoms with Crippen molar-refractivity contribution in [1.82, 2.24) is 0 Å². The van der Waals surface area contributed by atoms with Gasteiger partial charge < -0.3 is 9.84 Å². The highest BCUT2D eigenvalue weighted by Gasteiger charge is 2.15. The first-order chi connectivity index (χ1) is 8.58. The van der Waals surface area contributed by atoms with Crippen molar-refractivity contribution in [2.75, 3.05) is 0 Å². The maximum absolute atomic E-state index is 11.8. The Kier molecular flexibility index (Phi) is 5.36. The molecule has 0 amide bonds. The third-order valence-electron chi connectivity index (χ3n) is 2.68. The number of hydrogen-bond acceptors (Lipinski definition) is 3. The van der Waals surface area contributed by atoms with Crippen LogP contribution < -0.4 is 0 Å². The topological polar surface area (TPSA) is 63.6 Å². The number of carbonyl (C=O) groups excluding carboxylic acids is 1. The molecule has 0 radical (unpaired) electrons. The lowest BCUT2D eigenvalue weighted by Gasteiger charge is -2.15. The molecule has 1 aromatic rings. The number of rotatable bonds is 6. The second kappa shape index (κ2) is 6.79. The van der Waals surface area contributed by atoms with Gasteiger partial charge in [0.1, 0.15) is 6.10 Å². The summed E-state index contributed by atoms with van der Waals surface area (Å²) in [5.41, 5.74) is 0.373. The van der Waals surface area contributed by atoms with Crippen molar-refractivity contribution < 1.29 is 19.4 Å². The number of ether oxygens (including phenoxy) is 1. The van der Waals surface area contributed by atoms with Crippen LogP contribution in [0.4, 0.5) is 0 Å². The molecule has 1 unspecified atom stereocenters. The molecule has 0 saturated heterocycles.